The smallest absolute Gasteiger partial charge is 0.247 e. The van der Waals surface area contributed by atoms with Crippen molar-refractivity contribution in [2.45, 2.75) is 13.0 Å². The number of nitrogens with one attached hydrogen (secondary N) is 1. The highest BCUT2D eigenvalue weighted by Crippen LogP contribution is 2.26. The van der Waals surface area contributed by atoms with Gasteiger partial charge in [0.25, 0.3) is 0 Å². The van der Waals surface area contributed by atoms with Crippen LogP contribution in [-0.2, 0) is 0 Å². The molecule has 1 aromatic heterocycles. The molecule has 18 heavy (non-hydrogen) atoms. The van der Waals surface area contributed by atoms with Gasteiger partial charge in [0.05, 0.1) is 13.2 Å². The zero-order valence-electron chi connectivity index (χ0n) is 10.4. The van der Waals surface area contributed by atoms with Crippen LogP contribution in [0.3, 0.4) is 0 Å². The SMILES string of the molecule is CNC(C)c1nnc(-c2ccc(F)c(OC)c2)o1. The van der Waals surface area contributed by atoms with Gasteiger partial charge in [0, 0.05) is 5.56 Å². The summed E-state index contributed by atoms with van der Waals surface area (Å²) < 4.78 is 23.7. The Morgan fingerprint density at radius 1 is 1.39 bits per heavy atom. The van der Waals surface area contributed by atoms with E-state index in [1.54, 1.807) is 13.1 Å². The van der Waals surface area contributed by atoms with Crippen molar-refractivity contribution in [1.82, 2.24) is 15.5 Å². The maximum absolute atomic E-state index is 13.3. The molecule has 1 atom stereocenters. The Bertz CT molecular complexity index is 542. The second-order valence-corrected chi connectivity index (χ2v) is 3.81. The molecule has 0 bridgehead atoms. The van der Waals surface area contributed by atoms with Gasteiger partial charge in [0.1, 0.15) is 0 Å². The average molecular weight is 251 g/mol. The molecule has 1 unspecified atom stereocenters. The van der Waals surface area contributed by atoms with E-state index in [4.69, 9.17) is 9.15 Å². The first-order valence-electron chi connectivity index (χ1n) is 5.50. The number of aromatic nitrogens is 2. The van der Waals surface area contributed by atoms with Crippen LogP contribution in [0, 0.1) is 5.82 Å². The largest absolute Gasteiger partial charge is 0.494 e. The molecule has 1 aromatic carbocycles. The van der Waals surface area contributed by atoms with Gasteiger partial charge in [-0.15, -0.1) is 10.2 Å². The summed E-state index contributed by atoms with van der Waals surface area (Å²) in [4.78, 5) is 0. The predicted octanol–water partition coefficient (Wildman–Crippen LogP) is 2.16. The van der Waals surface area contributed by atoms with Crippen molar-refractivity contribution in [3.05, 3.63) is 29.9 Å². The van der Waals surface area contributed by atoms with E-state index in [2.05, 4.69) is 15.5 Å². The summed E-state index contributed by atoms with van der Waals surface area (Å²) in [6.45, 7) is 1.91. The molecule has 0 spiro atoms. The van der Waals surface area contributed by atoms with E-state index in [1.807, 2.05) is 6.92 Å². The zero-order valence-corrected chi connectivity index (χ0v) is 10.4. The molecule has 2 aromatic rings. The van der Waals surface area contributed by atoms with Crippen LogP contribution in [0.5, 0.6) is 5.75 Å². The fraction of sp³-hybridized carbons (Fsp3) is 0.333. The Morgan fingerprint density at radius 2 is 2.17 bits per heavy atom. The summed E-state index contributed by atoms with van der Waals surface area (Å²) in [6.07, 6.45) is 0. The van der Waals surface area contributed by atoms with Crippen LogP contribution < -0.4 is 10.1 Å². The van der Waals surface area contributed by atoms with Crippen LogP contribution in [0.2, 0.25) is 0 Å². The maximum Gasteiger partial charge on any atom is 0.247 e. The molecule has 0 aliphatic rings. The summed E-state index contributed by atoms with van der Waals surface area (Å²) in [5, 5.41) is 10.9. The molecule has 1 N–H and O–H groups in total. The first-order chi connectivity index (χ1) is 8.65. The molecule has 2 rings (SSSR count). The quantitative estimate of drug-likeness (QED) is 0.902. The van der Waals surface area contributed by atoms with E-state index in [0.29, 0.717) is 17.3 Å². The first kappa shape index (κ1) is 12.5. The molecule has 0 amide bonds. The van der Waals surface area contributed by atoms with Crippen molar-refractivity contribution in [2.24, 2.45) is 0 Å². The standard InChI is InChI=1S/C12H14FN3O2/c1-7(14-2)11-15-16-12(18-11)8-4-5-9(13)10(6-8)17-3/h4-7,14H,1-3H3. The van der Waals surface area contributed by atoms with Crippen LogP contribution in [0.15, 0.2) is 22.6 Å². The van der Waals surface area contributed by atoms with E-state index in [1.165, 1.54) is 19.2 Å². The third kappa shape index (κ3) is 2.33. The van der Waals surface area contributed by atoms with E-state index in [-0.39, 0.29) is 11.8 Å². The molecular formula is C12H14FN3O2. The predicted molar refractivity (Wildman–Crippen MR) is 63.7 cm³/mol. The minimum atomic E-state index is -0.426. The molecule has 0 radical (unpaired) electrons. The third-order valence-corrected chi connectivity index (χ3v) is 2.64. The van der Waals surface area contributed by atoms with Crippen molar-refractivity contribution >= 4 is 0 Å². The highest BCUT2D eigenvalue weighted by atomic mass is 19.1. The van der Waals surface area contributed by atoms with Gasteiger partial charge in [-0.25, -0.2) is 4.39 Å². The zero-order chi connectivity index (χ0) is 13.1. The Labute approximate surface area is 104 Å². The minimum absolute atomic E-state index is 0.0337. The van der Waals surface area contributed by atoms with E-state index in [9.17, 15) is 4.39 Å². The number of halogens is 1. The maximum atomic E-state index is 13.3. The molecule has 1 heterocycles. The van der Waals surface area contributed by atoms with Gasteiger partial charge in [-0.1, -0.05) is 0 Å². The van der Waals surface area contributed by atoms with Gasteiger partial charge >= 0.3 is 0 Å². The summed E-state index contributed by atoms with van der Waals surface area (Å²) in [7, 11) is 3.21. The lowest BCUT2D eigenvalue weighted by Crippen LogP contribution is -2.12. The van der Waals surface area contributed by atoms with Crippen LogP contribution in [-0.4, -0.2) is 24.4 Å². The monoisotopic (exact) mass is 251 g/mol. The number of hydrogen-bond donors (Lipinski definition) is 1. The topological polar surface area (TPSA) is 60.2 Å². The van der Waals surface area contributed by atoms with Gasteiger partial charge in [-0.3, -0.25) is 0 Å². The molecule has 5 nitrogen and oxygen atoms in total. The van der Waals surface area contributed by atoms with Gasteiger partial charge in [-0.2, -0.15) is 0 Å². The number of hydrogen-bond acceptors (Lipinski definition) is 5. The number of benzene rings is 1. The number of nitrogens with zero attached hydrogens (tertiary/aromatic N) is 2. The Hall–Kier alpha value is -1.95. The summed E-state index contributed by atoms with van der Waals surface area (Å²) in [5.41, 5.74) is 0.621. The second-order valence-electron chi connectivity index (χ2n) is 3.81. The second kappa shape index (κ2) is 5.14. The van der Waals surface area contributed by atoms with Crippen molar-refractivity contribution in [3.63, 3.8) is 0 Å². The summed E-state index contributed by atoms with van der Waals surface area (Å²) in [5.74, 6) is 0.541. The number of ether oxygens (including phenoxy) is 1. The lowest BCUT2D eigenvalue weighted by atomic mass is 10.2. The van der Waals surface area contributed by atoms with Crippen molar-refractivity contribution in [3.8, 4) is 17.2 Å². The van der Waals surface area contributed by atoms with E-state index in [0.717, 1.165) is 0 Å². The van der Waals surface area contributed by atoms with Crippen molar-refractivity contribution in [2.75, 3.05) is 14.2 Å². The Morgan fingerprint density at radius 3 is 2.83 bits per heavy atom. The lowest BCUT2D eigenvalue weighted by molar-refractivity contribution is 0.386. The summed E-state index contributed by atoms with van der Waals surface area (Å²) >= 11 is 0. The van der Waals surface area contributed by atoms with Gasteiger partial charge in [-0.05, 0) is 32.2 Å². The number of methoxy groups -OCH3 is 1. The Kier molecular flexibility index (Phi) is 3.57. The molecular weight excluding hydrogens is 237 g/mol. The van der Waals surface area contributed by atoms with Crippen LogP contribution in [0.4, 0.5) is 4.39 Å². The fourth-order valence-electron chi connectivity index (χ4n) is 1.44. The number of rotatable bonds is 4. The van der Waals surface area contributed by atoms with E-state index < -0.39 is 5.82 Å². The van der Waals surface area contributed by atoms with Crippen molar-refractivity contribution < 1.29 is 13.5 Å². The average Bonchev–Trinajstić information content (AvgIpc) is 2.88. The first-order valence-corrected chi connectivity index (χ1v) is 5.50. The third-order valence-electron chi connectivity index (χ3n) is 2.64. The molecule has 0 saturated heterocycles. The summed E-state index contributed by atoms with van der Waals surface area (Å²) in [6, 6.07) is 4.36. The molecule has 0 fully saturated rings. The Balaban J connectivity index is 2.34. The van der Waals surface area contributed by atoms with Gasteiger partial charge in [0.2, 0.25) is 11.8 Å². The minimum Gasteiger partial charge on any atom is -0.494 e. The van der Waals surface area contributed by atoms with Crippen molar-refractivity contribution in [1.29, 1.82) is 0 Å². The molecule has 96 valence electrons. The molecule has 0 saturated carbocycles. The van der Waals surface area contributed by atoms with Crippen LogP contribution >= 0.6 is 0 Å². The normalized spacial score (nSPS) is 12.4. The highest BCUT2D eigenvalue weighted by molar-refractivity contribution is 5.55. The molecule has 6 heteroatoms. The molecule has 0 aliphatic carbocycles. The molecule has 0 aliphatic heterocycles. The van der Waals surface area contributed by atoms with Gasteiger partial charge in [0.15, 0.2) is 11.6 Å². The van der Waals surface area contributed by atoms with Crippen LogP contribution in [0.25, 0.3) is 11.5 Å². The van der Waals surface area contributed by atoms with Gasteiger partial charge < -0.3 is 14.5 Å². The van der Waals surface area contributed by atoms with E-state index >= 15 is 0 Å². The van der Waals surface area contributed by atoms with Crippen LogP contribution in [0.1, 0.15) is 18.9 Å². The fourth-order valence-corrected chi connectivity index (χ4v) is 1.44. The lowest BCUT2D eigenvalue weighted by Gasteiger charge is -2.03. The highest BCUT2D eigenvalue weighted by Gasteiger charge is 2.14.